The molecule has 15 heavy (non-hydrogen) atoms. The first-order chi connectivity index (χ1) is 7.08. The van der Waals surface area contributed by atoms with Gasteiger partial charge in [0.15, 0.2) is 0 Å². The van der Waals surface area contributed by atoms with E-state index >= 15 is 0 Å². The Morgan fingerprint density at radius 3 is 2.87 bits per heavy atom. The molecule has 88 valence electrons. The van der Waals surface area contributed by atoms with Gasteiger partial charge in [-0.25, -0.2) is 0 Å². The quantitative estimate of drug-likeness (QED) is 0.736. The molecule has 2 N–H and O–H groups in total. The number of carboxylic acid groups (broad SMARTS) is 1. The Bertz CT molecular complexity index is 218. The molecule has 2 atom stereocenters. The highest BCUT2D eigenvalue weighted by atomic mass is 16.4. The van der Waals surface area contributed by atoms with Crippen LogP contribution in [0.5, 0.6) is 0 Å². The second kappa shape index (κ2) is 5.50. The molecule has 3 heteroatoms. The molecular formula is C12H23NO2. The van der Waals surface area contributed by atoms with Gasteiger partial charge in [0.05, 0.1) is 6.42 Å². The van der Waals surface area contributed by atoms with Gasteiger partial charge in [0.25, 0.3) is 0 Å². The Labute approximate surface area is 92.3 Å². The van der Waals surface area contributed by atoms with E-state index in [0.29, 0.717) is 12.3 Å². The summed E-state index contributed by atoms with van der Waals surface area (Å²) in [5, 5.41) is 12.3. The van der Waals surface area contributed by atoms with Gasteiger partial charge in [-0.2, -0.15) is 0 Å². The van der Waals surface area contributed by atoms with Crippen LogP contribution in [0.3, 0.4) is 0 Å². The predicted octanol–water partition coefficient (Wildman–Crippen LogP) is 2.27. The predicted molar refractivity (Wildman–Crippen MR) is 60.9 cm³/mol. The van der Waals surface area contributed by atoms with Crippen molar-refractivity contribution in [2.75, 3.05) is 13.1 Å². The Kier molecular flexibility index (Phi) is 4.58. The number of nitrogens with one attached hydrogen (secondary N) is 1. The number of hydrogen-bond donors (Lipinski definition) is 2. The molecule has 0 bridgehead atoms. The molecule has 1 aliphatic rings. The van der Waals surface area contributed by atoms with E-state index in [-0.39, 0.29) is 5.41 Å². The maximum Gasteiger partial charge on any atom is 0.303 e. The summed E-state index contributed by atoms with van der Waals surface area (Å²) in [5.74, 6) is 0.0266. The van der Waals surface area contributed by atoms with Crippen LogP contribution in [-0.4, -0.2) is 24.2 Å². The highest BCUT2D eigenvalue weighted by molar-refractivity contribution is 5.67. The van der Waals surface area contributed by atoms with E-state index in [1.165, 1.54) is 12.8 Å². The van der Waals surface area contributed by atoms with Crippen molar-refractivity contribution in [2.45, 2.75) is 46.0 Å². The first-order valence-corrected chi connectivity index (χ1v) is 6.00. The molecule has 0 saturated heterocycles. The van der Waals surface area contributed by atoms with Gasteiger partial charge in [0.2, 0.25) is 0 Å². The largest absolute Gasteiger partial charge is 0.481 e. The van der Waals surface area contributed by atoms with Crippen LogP contribution in [0.15, 0.2) is 0 Å². The highest BCUT2D eigenvalue weighted by Gasteiger charge is 2.36. The molecule has 1 rings (SSSR count). The van der Waals surface area contributed by atoms with Crippen molar-refractivity contribution in [3.8, 4) is 0 Å². The molecule has 0 aromatic heterocycles. The number of aliphatic carboxylic acids is 1. The summed E-state index contributed by atoms with van der Waals surface area (Å²) < 4.78 is 0. The zero-order valence-corrected chi connectivity index (χ0v) is 9.88. The molecule has 0 aliphatic heterocycles. The fourth-order valence-corrected chi connectivity index (χ4v) is 2.86. The van der Waals surface area contributed by atoms with E-state index in [1.807, 2.05) is 0 Å². The third-order valence-electron chi connectivity index (χ3n) is 3.46. The maximum atomic E-state index is 10.9. The molecular weight excluding hydrogens is 190 g/mol. The average Bonchev–Trinajstić information content (AvgIpc) is 2.13. The smallest absolute Gasteiger partial charge is 0.303 e. The summed E-state index contributed by atoms with van der Waals surface area (Å²) in [6.45, 7) is 6.10. The SMILES string of the molecule is CCNC[C@]1(CC(=O)O)CCC[C@@H](C)C1. The van der Waals surface area contributed by atoms with Crippen molar-refractivity contribution in [2.24, 2.45) is 11.3 Å². The zero-order chi connectivity index (χ0) is 11.3. The lowest BCUT2D eigenvalue weighted by atomic mass is 9.68. The van der Waals surface area contributed by atoms with Crippen molar-refractivity contribution in [3.63, 3.8) is 0 Å². The Morgan fingerprint density at radius 1 is 1.60 bits per heavy atom. The second-order valence-electron chi connectivity index (χ2n) is 5.05. The standard InChI is InChI=1S/C12H23NO2/c1-3-13-9-12(8-11(14)15)6-4-5-10(2)7-12/h10,13H,3-9H2,1-2H3,(H,14,15)/t10-,12-/m1/s1. The number of hydrogen-bond acceptors (Lipinski definition) is 2. The summed E-state index contributed by atoms with van der Waals surface area (Å²) in [6, 6.07) is 0. The van der Waals surface area contributed by atoms with E-state index < -0.39 is 5.97 Å². The molecule has 1 fully saturated rings. The summed E-state index contributed by atoms with van der Waals surface area (Å²) in [6.07, 6.45) is 4.89. The number of carboxylic acids is 1. The lowest BCUT2D eigenvalue weighted by molar-refractivity contribution is -0.140. The minimum absolute atomic E-state index is 0.0134. The third-order valence-corrected chi connectivity index (χ3v) is 3.46. The van der Waals surface area contributed by atoms with Crippen LogP contribution in [-0.2, 0) is 4.79 Å². The molecule has 0 heterocycles. The lowest BCUT2D eigenvalue weighted by Crippen LogP contribution is -2.39. The van der Waals surface area contributed by atoms with Gasteiger partial charge in [0.1, 0.15) is 0 Å². The molecule has 1 aliphatic carbocycles. The van der Waals surface area contributed by atoms with Gasteiger partial charge in [-0.3, -0.25) is 4.79 Å². The fraction of sp³-hybridized carbons (Fsp3) is 0.917. The molecule has 0 aromatic carbocycles. The summed E-state index contributed by atoms with van der Waals surface area (Å²) >= 11 is 0. The van der Waals surface area contributed by atoms with Gasteiger partial charge < -0.3 is 10.4 Å². The minimum atomic E-state index is -0.651. The first-order valence-electron chi connectivity index (χ1n) is 6.00. The van der Waals surface area contributed by atoms with Crippen molar-refractivity contribution < 1.29 is 9.90 Å². The van der Waals surface area contributed by atoms with Crippen LogP contribution < -0.4 is 5.32 Å². The molecule has 0 unspecified atom stereocenters. The maximum absolute atomic E-state index is 10.9. The van der Waals surface area contributed by atoms with Gasteiger partial charge in [-0.1, -0.05) is 26.7 Å². The second-order valence-corrected chi connectivity index (χ2v) is 5.05. The zero-order valence-electron chi connectivity index (χ0n) is 9.88. The summed E-state index contributed by atoms with van der Waals surface area (Å²) in [7, 11) is 0. The van der Waals surface area contributed by atoms with E-state index in [2.05, 4.69) is 19.2 Å². The van der Waals surface area contributed by atoms with Crippen LogP contribution in [0, 0.1) is 11.3 Å². The van der Waals surface area contributed by atoms with E-state index in [9.17, 15) is 4.79 Å². The summed E-state index contributed by atoms with van der Waals surface area (Å²) in [5.41, 5.74) is 0.0134. The van der Waals surface area contributed by atoms with Crippen molar-refractivity contribution in [3.05, 3.63) is 0 Å². The van der Waals surface area contributed by atoms with Crippen molar-refractivity contribution in [1.82, 2.24) is 5.32 Å². The van der Waals surface area contributed by atoms with Crippen LogP contribution in [0.2, 0.25) is 0 Å². The van der Waals surface area contributed by atoms with Crippen LogP contribution in [0.25, 0.3) is 0 Å². The number of rotatable bonds is 5. The molecule has 0 amide bonds. The number of carbonyl (C=O) groups is 1. The van der Waals surface area contributed by atoms with Gasteiger partial charge in [0, 0.05) is 6.54 Å². The van der Waals surface area contributed by atoms with Crippen molar-refractivity contribution in [1.29, 1.82) is 0 Å². The first kappa shape index (κ1) is 12.5. The molecule has 3 nitrogen and oxygen atoms in total. The van der Waals surface area contributed by atoms with E-state index in [0.717, 1.165) is 25.9 Å². The fourth-order valence-electron chi connectivity index (χ4n) is 2.86. The van der Waals surface area contributed by atoms with Gasteiger partial charge >= 0.3 is 5.97 Å². The molecule has 0 spiro atoms. The normalized spacial score (nSPS) is 31.5. The third kappa shape index (κ3) is 3.82. The Hall–Kier alpha value is -0.570. The Morgan fingerprint density at radius 2 is 2.33 bits per heavy atom. The Balaban J connectivity index is 2.61. The van der Waals surface area contributed by atoms with Crippen LogP contribution in [0.4, 0.5) is 0 Å². The van der Waals surface area contributed by atoms with E-state index in [4.69, 9.17) is 5.11 Å². The lowest BCUT2D eigenvalue weighted by Gasteiger charge is -2.39. The van der Waals surface area contributed by atoms with Crippen LogP contribution in [0.1, 0.15) is 46.0 Å². The van der Waals surface area contributed by atoms with Crippen molar-refractivity contribution >= 4 is 5.97 Å². The van der Waals surface area contributed by atoms with E-state index in [1.54, 1.807) is 0 Å². The average molecular weight is 213 g/mol. The topological polar surface area (TPSA) is 49.3 Å². The van der Waals surface area contributed by atoms with Crippen LogP contribution >= 0.6 is 0 Å². The highest BCUT2D eigenvalue weighted by Crippen LogP contribution is 2.41. The molecule has 1 saturated carbocycles. The van der Waals surface area contributed by atoms with Gasteiger partial charge in [-0.15, -0.1) is 0 Å². The monoisotopic (exact) mass is 213 g/mol. The minimum Gasteiger partial charge on any atom is -0.481 e. The molecule has 0 aromatic rings. The molecule has 0 radical (unpaired) electrons. The van der Waals surface area contributed by atoms with Gasteiger partial charge in [-0.05, 0) is 30.7 Å². The summed E-state index contributed by atoms with van der Waals surface area (Å²) in [4.78, 5) is 10.9.